The molecule has 24 heavy (non-hydrogen) atoms. The van der Waals surface area contributed by atoms with Crippen LogP contribution in [-0.4, -0.2) is 16.9 Å². The quantitative estimate of drug-likeness (QED) is 0.592. The number of urea groups is 1. The van der Waals surface area contributed by atoms with E-state index in [9.17, 15) is 14.4 Å². The third-order valence-corrected chi connectivity index (χ3v) is 3.41. The summed E-state index contributed by atoms with van der Waals surface area (Å²) < 4.78 is 0. The van der Waals surface area contributed by atoms with E-state index in [2.05, 4.69) is 15.6 Å². The fourth-order valence-corrected chi connectivity index (χ4v) is 2.37. The number of aromatic nitrogens is 1. The minimum absolute atomic E-state index is 0.286. The zero-order chi connectivity index (χ0) is 17.1. The highest BCUT2D eigenvalue weighted by Crippen LogP contribution is 2.18. The maximum absolute atomic E-state index is 12.5. The van der Waals surface area contributed by atoms with Crippen molar-refractivity contribution in [2.75, 3.05) is 10.6 Å². The van der Waals surface area contributed by atoms with Gasteiger partial charge in [0.15, 0.2) is 0 Å². The molecule has 0 aliphatic heterocycles. The highest BCUT2D eigenvalue weighted by molar-refractivity contribution is 6.12. The Morgan fingerprint density at radius 2 is 1.54 bits per heavy atom. The Bertz CT molecular complexity index is 977. The average Bonchev–Trinajstić information content (AvgIpc) is 2.55. The molecule has 3 aromatic rings. The van der Waals surface area contributed by atoms with Gasteiger partial charge in [-0.2, -0.15) is 0 Å². The van der Waals surface area contributed by atoms with Crippen molar-refractivity contribution in [2.45, 2.75) is 0 Å². The Morgan fingerprint density at radius 3 is 2.21 bits per heavy atom. The molecular weight excluding hydrogens is 308 g/mol. The molecular formula is C17H14N4O3. The lowest BCUT2D eigenvalue weighted by Gasteiger charge is -2.09. The van der Waals surface area contributed by atoms with Crippen LogP contribution in [-0.2, 0) is 0 Å². The van der Waals surface area contributed by atoms with Gasteiger partial charge in [-0.05, 0) is 30.3 Å². The predicted molar refractivity (Wildman–Crippen MR) is 92.2 cm³/mol. The third-order valence-electron chi connectivity index (χ3n) is 3.41. The Hall–Kier alpha value is -3.61. The van der Waals surface area contributed by atoms with Gasteiger partial charge in [-0.25, -0.2) is 4.79 Å². The molecule has 2 aromatic carbocycles. The molecule has 1 heterocycles. The highest BCUT2D eigenvalue weighted by atomic mass is 16.2. The Morgan fingerprint density at radius 1 is 0.917 bits per heavy atom. The number of pyridine rings is 1. The normalized spacial score (nSPS) is 10.3. The van der Waals surface area contributed by atoms with Crippen LogP contribution < -0.4 is 21.9 Å². The first-order valence-corrected chi connectivity index (χ1v) is 7.13. The zero-order valence-corrected chi connectivity index (χ0v) is 12.5. The number of primary amides is 1. The van der Waals surface area contributed by atoms with Crippen molar-refractivity contribution >= 4 is 34.2 Å². The van der Waals surface area contributed by atoms with E-state index in [1.54, 1.807) is 48.5 Å². The summed E-state index contributed by atoms with van der Waals surface area (Å²) in [5, 5.41) is 5.81. The number of fused-ring (bicyclic) bond motifs is 1. The smallest absolute Gasteiger partial charge is 0.316 e. The molecule has 5 N–H and O–H groups in total. The van der Waals surface area contributed by atoms with Gasteiger partial charge in [0.05, 0.1) is 5.56 Å². The standard InChI is InChI=1S/C17H14N4O3/c18-17(24)20-11-7-5-10(6-8-11)19-16(23)13-9-15(22)21-14-4-2-1-3-12(13)14/h1-9H,(H,19,23)(H,21,22)(H3,18,20,24). The van der Waals surface area contributed by atoms with Gasteiger partial charge >= 0.3 is 6.03 Å². The molecule has 0 atom stereocenters. The van der Waals surface area contributed by atoms with Crippen LogP contribution in [0.15, 0.2) is 59.4 Å². The molecule has 0 saturated carbocycles. The largest absolute Gasteiger partial charge is 0.351 e. The number of amides is 3. The molecule has 0 saturated heterocycles. The second kappa shape index (κ2) is 6.25. The van der Waals surface area contributed by atoms with E-state index in [1.807, 2.05) is 0 Å². The van der Waals surface area contributed by atoms with E-state index >= 15 is 0 Å². The van der Waals surface area contributed by atoms with Gasteiger partial charge in [0.25, 0.3) is 5.91 Å². The molecule has 0 radical (unpaired) electrons. The molecule has 0 aliphatic rings. The van der Waals surface area contributed by atoms with E-state index in [1.165, 1.54) is 6.07 Å². The minimum atomic E-state index is -0.665. The van der Waals surface area contributed by atoms with Crippen LogP contribution >= 0.6 is 0 Å². The first kappa shape index (κ1) is 15.3. The molecule has 120 valence electrons. The SMILES string of the molecule is NC(=O)Nc1ccc(NC(=O)c2cc(=O)[nH]c3ccccc23)cc1. The van der Waals surface area contributed by atoms with Gasteiger partial charge in [0.1, 0.15) is 0 Å². The first-order chi connectivity index (χ1) is 11.5. The first-order valence-electron chi connectivity index (χ1n) is 7.13. The Kier molecular flexibility index (Phi) is 3.98. The van der Waals surface area contributed by atoms with Crippen molar-refractivity contribution in [1.82, 2.24) is 4.98 Å². The lowest BCUT2D eigenvalue weighted by molar-refractivity contribution is 0.102. The monoisotopic (exact) mass is 322 g/mol. The minimum Gasteiger partial charge on any atom is -0.351 e. The van der Waals surface area contributed by atoms with Gasteiger partial charge in [0.2, 0.25) is 5.56 Å². The van der Waals surface area contributed by atoms with Crippen molar-refractivity contribution in [3.05, 3.63) is 70.5 Å². The molecule has 0 bridgehead atoms. The number of H-pyrrole nitrogens is 1. The summed E-state index contributed by atoms with van der Waals surface area (Å²) in [5.74, 6) is -0.395. The second-order valence-corrected chi connectivity index (χ2v) is 5.11. The summed E-state index contributed by atoms with van der Waals surface area (Å²) in [4.78, 5) is 37.7. The summed E-state index contributed by atoms with van der Waals surface area (Å²) in [6, 6.07) is 14.1. The van der Waals surface area contributed by atoms with Crippen molar-refractivity contribution in [3.63, 3.8) is 0 Å². The van der Waals surface area contributed by atoms with Crippen molar-refractivity contribution in [3.8, 4) is 0 Å². The molecule has 0 fully saturated rings. The number of benzene rings is 2. The lowest BCUT2D eigenvalue weighted by atomic mass is 10.1. The second-order valence-electron chi connectivity index (χ2n) is 5.11. The van der Waals surface area contributed by atoms with Gasteiger partial charge in [-0.3, -0.25) is 9.59 Å². The molecule has 3 amide bonds. The number of rotatable bonds is 3. The fraction of sp³-hybridized carbons (Fsp3) is 0. The molecule has 7 nitrogen and oxygen atoms in total. The summed E-state index contributed by atoms with van der Waals surface area (Å²) >= 11 is 0. The summed E-state index contributed by atoms with van der Waals surface area (Å²) in [7, 11) is 0. The van der Waals surface area contributed by atoms with Crippen LogP contribution in [0.2, 0.25) is 0 Å². The van der Waals surface area contributed by atoms with Gasteiger partial charge < -0.3 is 21.4 Å². The predicted octanol–water partition coefficient (Wildman–Crippen LogP) is 2.27. The third kappa shape index (κ3) is 3.25. The van der Waals surface area contributed by atoms with Crippen LogP contribution in [0.4, 0.5) is 16.2 Å². The number of nitrogens with two attached hydrogens (primary N) is 1. The number of anilines is 2. The van der Waals surface area contributed by atoms with Crippen LogP contribution in [0.1, 0.15) is 10.4 Å². The Balaban J connectivity index is 1.88. The zero-order valence-electron chi connectivity index (χ0n) is 12.5. The molecule has 3 rings (SSSR count). The van der Waals surface area contributed by atoms with E-state index < -0.39 is 11.9 Å². The summed E-state index contributed by atoms with van der Waals surface area (Å²) in [6.07, 6.45) is 0. The number of nitrogens with one attached hydrogen (secondary N) is 3. The van der Waals surface area contributed by atoms with Gasteiger partial charge in [-0.1, -0.05) is 18.2 Å². The number of aromatic amines is 1. The number of carbonyl (C=O) groups is 2. The van der Waals surface area contributed by atoms with Crippen molar-refractivity contribution in [2.24, 2.45) is 5.73 Å². The maximum atomic E-state index is 12.5. The molecule has 1 aromatic heterocycles. The van der Waals surface area contributed by atoms with Gasteiger partial charge in [0, 0.05) is 28.3 Å². The molecule has 0 unspecified atom stereocenters. The molecule has 7 heteroatoms. The highest BCUT2D eigenvalue weighted by Gasteiger charge is 2.12. The molecule has 0 aliphatic carbocycles. The topological polar surface area (TPSA) is 117 Å². The summed E-state index contributed by atoms with van der Waals surface area (Å²) in [5.41, 5.74) is 6.61. The number of hydrogen-bond acceptors (Lipinski definition) is 3. The average molecular weight is 322 g/mol. The maximum Gasteiger partial charge on any atom is 0.316 e. The molecule has 0 spiro atoms. The van der Waals surface area contributed by atoms with E-state index in [-0.39, 0.29) is 11.1 Å². The van der Waals surface area contributed by atoms with E-state index in [0.29, 0.717) is 22.3 Å². The van der Waals surface area contributed by atoms with Crippen LogP contribution in [0.5, 0.6) is 0 Å². The van der Waals surface area contributed by atoms with Crippen LogP contribution in [0.25, 0.3) is 10.9 Å². The van der Waals surface area contributed by atoms with Crippen molar-refractivity contribution < 1.29 is 9.59 Å². The fourth-order valence-electron chi connectivity index (χ4n) is 2.37. The summed E-state index contributed by atoms with van der Waals surface area (Å²) in [6.45, 7) is 0. The van der Waals surface area contributed by atoms with Crippen LogP contribution in [0, 0.1) is 0 Å². The lowest BCUT2D eigenvalue weighted by Crippen LogP contribution is -2.19. The van der Waals surface area contributed by atoms with Crippen LogP contribution in [0.3, 0.4) is 0 Å². The number of para-hydroxylation sites is 1. The van der Waals surface area contributed by atoms with E-state index in [4.69, 9.17) is 5.73 Å². The Labute approximate surface area is 136 Å². The van der Waals surface area contributed by atoms with E-state index in [0.717, 1.165) is 0 Å². The van der Waals surface area contributed by atoms with Gasteiger partial charge in [-0.15, -0.1) is 0 Å². The number of carbonyl (C=O) groups excluding carboxylic acids is 2. The van der Waals surface area contributed by atoms with Crippen molar-refractivity contribution in [1.29, 1.82) is 0 Å². The number of hydrogen-bond donors (Lipinski definition) is 4.